The Labute approximate surface area is 161 Å². The lowest BCUT2D eigenvalue weighted by Crippen LogP contribution is -2.49. The number of hydrogen-bond donors (Lipinski definition) is 2. The molecule has 0 fully saturated rings. The van der Waals surface area contributed by atoms with E-state index >= 15 is 0 Å². The van der Waals surface area contributed by atoms with Gasteiger partial charge in [-0.15, -0.1) is 0 Å². The van der Waals surface area contributed by atoms with Crippen LogP contribution >= 0.6 is 0 Å². The second-order valence-electron chi connectivity index (χ2n) is 8.62. The van der Waals surface area contributed by atoms with Gasteiger partial charge in [-0.1, -0.05) is 71.1 Å². The molecule has 2 N–H and O–H groups in total. The number of quaternary nitrogens is 1. The zero-order valence-corrected chi connectivity index (χ0v) is 17.7. The number of carboxylic acid groups (broad SMARTS) is 1. The van der Waals surface area contributed by atoms with Crippen LogP contribution in [0.1, 0.15) is 90.4 Å². The Hall–Kier alpha value is -1.10. The lowest BCUT2D eigenvalue weighted by Gasteiger charge is -2.29. The second kappa shape index (κ2) is 15.0. The van der Waals surface area contributed by atoms with Crippen molar-refractivity contribution in [2.45, 2.75) is 96.4 Å². The molecule has 154 valence electrons. The molecular weight excluding hydrogens is 328 g/mol. The molecule has 26 heavy (non-hydrogen) atoms. The quantitative estimate of drug-likeness (QED) is 0.295. The van der Waals surface area contributed by atoms with Gasteiger partial charge in [0.25, 0.3) is 0 Å². The second-order valence-corrected chi connectivity index (χ2v) is 8.62. The van der Waals surface area contributed by atoms with Crippen LogP contribution in [0.4, 0.5) is 0 Å². The summed E-state index contributed by atoms with van der Waals surface area (Å²) in [6, 6.07) is -0.298. The summed E-state index contributed by atoms with van der Waals surface area (Å²) < 4.78 is 0.636. The van der Waals surface area contributed by atoms with Crippen LogP contribution in [0.3, 0.4) is 0 Å². The van der Waals surface area contributed by atoms with E-state index in [4.69, 9.17) is 5.11 Å². The van der Waals surface area contributed by atoms with Crippen molar-refractivity contribution in [3.05, 3.63) is 0 Å². The summed E-state index contributed by atoms with van der Waals surface area (Å²) >= 11 is 0. The molecule has 0 heterocycles. The highest BCUT2D eigenvalue weighted by Crippen LogP contribution is 2.12. The third kappa shape index (κ3) is 17.7. The number of rotatable bonds is 17. The highest BCUT2D eigenvalue weighted by molar-refractivity contribution is 5.77. The van der Waals surface area contributed by atoms with E-state index < -0.39 is 5.97 Å². The maximum atomic E-state index is 12.1. The van der Waals surface area contributed by atoms with Crippen LogP contribution in [0, 0.1) is 0 Å². The summed E-state index contributed by atoms with van der Waals surface area (Å²) in [6.45, 7) is 2.87. The molecular formula is C21H43N2O3+. The molecule has 0 bridgehead atoms. The van der Waals surface area contributed by atoms with Gasteiger partial charge in [-0.3, -0.25) is 9.59 Å². The molecule has 0 aliphatic rings. The number of unbranched alkanes of at least 4 members (excludes halogenated alkanes) is 10. The molecule has 1 atom stereocenters. The van der Waals surface area contributed by atoms with Crippen molar-refractivity contribution in [1.82, 2.24) is 5.32 Å². The van der Waals surface area contributed by atoms with Crippen LogP contribution in [-0.4, -0.2) is 55.2 Å². The summed E-state index contributed by atoms with van der Waals surface area (Å²) in [4.78, 5) is 23.0. The smallest absolute Gasteiger partial charge is 0.305 e. The van der Waals surface area contributed by atoms with Crippen LogP contribution in [-0.2, 0) is 9.59 Å². The first-order valence-corrected chi connectivity index (χ1v) is 10.6. The first-order chi connectivity index (χ1) is 12.2. The number of carbonyl (C=O) groups excluding carboxylic acids is 1. The zero-order chi connectivity index (χ0) is 19.8. The van der Waals surface area contributed by atoms with Gasteiger partial charge in [0, 0.05) is 6.42 Å². The van der Waals surface area contributed by atoms with E-state index in [0.29, 0.717) is 17.4 Å². The van der Waals surface area contributed by atoms with E-state index in [9.17, 15) is 9.59 Å². The molecule has 0 aliphatic heterocycles. The Balaban J connectivity index is 3.72. The predicted octanol–water partition coefficient (Wildman–Crippen LogP) is 4.35. The average Bonchev–Trinajstić information content (AvgIpc) is 2.50. The summed E-state index contributed by atoms with van der Waals surface area (Å²) in [6.07, 6.45) is 14.4. The Morgan fingerprint density at radius 2 is 1.31 bits per heavy atom. The summed E-state index contributed by atoms with van der Waals surface area (Å²) in [5.74, 6) is -0.876. The molecule has 0 spiro atoms. The van der Waals surface area contributed by atoms with E-state index in [0.717, 1.165) is 12.8 Å². The van der Waals surface area contributed by atoms with Crippen LogP contribution < -0.4 is 5.32 Å². The largest absolute Gasteiger partial charge is 0.481 e. The van der Waals surface area contributed by atoms with Gasteiger partial charge < -0.3 is 14.9 Å². The number of nitrogens with zero attached hydrogens (tertiary/aromatic N) is 1. The maximum absolute atomic E-state index is 12.1. The first-order valence-electron chi connectivity index (χ1n) is 10.6. The van der Waals surface area contributed by atoms with Crippen molar-refractivity contribution < 1.29 is 19.2 Å². The van der Waals surface area contributed by atoms with Crippen molar-refractivity contribution in [2.24, 2.45) is 0 Å². The van der Waals surface area contributed by atoms with Crippen LogP contribution in [0.2, 0.25) is 0 Å². The highest BCUT2D eigenvalue weighted by Gasteiger charge is 2.22. The third-order valence-corrected chi connectivity index (χ3v) is 4.56. The molecule has 0 aromatic rings. The SMILES string of the molecule is CCCCCCCCCCCCCC(=O)NC(CC(=O)O)C[N+](C)(C)C. The monoisotopic (exact) mass is 371 g/mol. The summed E-state index contributed by atoms with van der Waals surface area (Å²) in [5.41, 5.74) is 0. The number of amides is 1. The van der Waals surface area contributed by atoms with E-state index in [2.05, 4.69) is 12.2 Å². The summed E-state index contributed by atoms with van der Waals surface area (Å²) in [5, 5.41) is 11.9. The lowest BCUT2D eigenvalue weighted by atomic mass is 10.1. The lowest BCUT2D eigenvalue weighted by molar-refractivity contribution is -0.871. The van der Waals surface area contributed by atoms with Crippen molar-refractivity contribution in [1.29, 1.82) is 0 Å². The van der Waals surface area contributed by atoms with E-state index in [1.54, 1.807) is 0 Å². The molecule has 0 aliphatic carbocycles. The highest BCUT2D eigenvalue weighted by atomic mass is 16.4. The number of hydrogen-bond acceptors (Lipinski definition) is 2. The van der Waals surface area contributed by atoms with Gasteiger partial charge in [0.2, 0.25) is 5.91 Å². The number of aliphatic carboxylic acids is 1. The average molecular weight is 372 g/mol. The van der Waals surface area contributed by atoms with Crippen LogP contribution in [0.25, 0.3) is 0 Å². The van der Waals surface area contributed by atoms with Gasteiger partial charge in [0.15, 0.2) is 0 Å². The Morgan fingerprint density at radius 3 is 1.73 bits per heavy atom. The number of nitrogens with one attached hydrogen (secondary N) is 1. The molecule has 0 radical (unpaired) electrons. The number of likely N-dealkylation sites (N-methyl/N-ethyl adjacent to an activating group) is 1. The minimum atomic E-state index is -0.863. The molecule has 0 saturated heterocycles. The number of carbonyl (C=O) groups is 2. The number of carboxylic acids is 1. The Kier molecular flexibility index (Phi) is 14.4. The Bertz CT molecular complexity index is 378. The minimum Gasteiger partial charge on any atom is -0.481 e. The third-order valence-electron chi connectivity index (χ3n) is 4.56. The van der Waals surface area contributed by atoms with Crippen LogP contribution in [0.15, 0.2) is 0 Å². The van der Waals surface area contributed by atoms with Gasteiger partial charge in [0.1, 0.15) is 0 Å². The van der Waals surface area contributed by atoms with Gasteiger partial charge >= 0.3 is 5.97 Å². The molecule has 1 amide bonds. The Morgan fingerprint density at radius 1 is 0.846 bits per heavy atom. The van der Waals surface area contributed by atoms with Gasteiger partial charge in [0.05, 0.1) is 40.2 Å². The van der Waals surface area contributed by atoms with Gasteiger partial charge in [-0.2, -0.15) is 0 Å². The molecule has 1 unspecified atom stereocenters. The van der Waals surface area contributed by atoms with Crippen LogP contribution in [0.5, 0.6) is 0 Å². The first kappa shape index (κ1) is 24.9. The molecule has 5 heteroatoms. The van der Waals surface area contributed by atoms with Crippen molar-refractivity contribution >= 4 is 11.9 Å². The fraction of sp³-hybridized carbons (Fsp3) is 0.905. The molecule has 0 rings (SSSR count). The van der Waals surface area contributed by atoms with Crippen molar-refractivity contribution in [3.8, 4) is 0 Å². The van der Waals surface area contributed by atoms with E-state index in [1.165, 1.54) is 57.8 Å². The van der Waals surface area contributed by atoms with Gasteiger partial charge in [-0.05, 0) is 6.42 Å². The van der Waals surface area contributed by atoms with Crippen molar-refractivity contribution in [3.63, 3.8) is 0 Å². The molecule has 5 nitrogen and oxygen atoms in total. The fourth-order valence-corrected chi connectivity index (χ4v) is 3.28. The maximum Gasteiger partial charge on any atom is 0.305 e. The predicted molar refractivity (Wildman–Crippen MR) is 108 cm³/mol. The summed E-state index contributed by atoms with van der Waals surface area (Å²) in [7, 11) is 6.01. The molecule has 0 aromatic carbocycles. The van der Waals surface area contributed by atoms with E-state index in [-0.39, 0.29) is 18.4 Å². The van der Waals surface area contributed by atoms with Crippen molar-refractivity contribution in [2.75, 3.05) is 27.7 Å². The van der Waals surface area contributed by atoms with Gasteiger partial charge in [-0.25, -0.2) is 0 Å². The minimum absolute atomic E-state index is 0.0133. The van der Waals surface area contributed by atoms with E-state index in [1.807, 2.05) is 21.1 Å². The normalized spacial score (nSPS) is 12.8. The molecule has 0 aromatic heterocycles. The standard InChI is InChI=1S/C21H42N2O3/c1-5-6-7-8-9-10-11-12-13-14-15-16-20(24)22-19(17-21(25)26)18-23(2,3)4/h19H,5-18H2,1-4H3,(H-,22,24,25,26)/p+1. The fourth-order valence-electron chi connectivity index (χ4n) is 3.28. The zero-order valence-electron chi connectivity index (χ0n) is 17.7. The topological polar surface area (TPSA) is 66.4 Å². The molecule has 0 saturated carbocycles.